The largest absolute Gasteiger partial charge is 3.00 e. The molecule has 10 heavy (non-hydrogen) atoms. The molecule has 0 nitrogen and oxygen atoms in total. The Kier molecular flexibility index (Phi) is 121. The predicted molar refractivity (Wildman–Crippen MR) is 69.2 cm³/mol. The molecule has 54 valence electrons. The zero-order valence-electron chi connectivity index (χ0n) is 6.16. The van der Waals surface area contributed by atoms with Crippen LogP contribution >= 0.6 is 23.5 Å². The van der Waals surface area contributed by atoms with E-state index in [0.717, 1.165) is 23.5 Å². The van der Waals surface area contributed by atoms with Gasteiger partial charge in [-0.3, -0.25) is 37.8 Å². The van der Waals surface area contributed by atoms with Gasteiger partial charge in [-0.25, -0.2) is 0 Å². The van der Waals surface area contributed by atoms with E-state index in [4.69, 9.17) is 0 Å². The molecule has 0 rings (SSSR count). The van der Waals surface area contributed by atoms with Gasteiger partial charge in [0.2, 0.25) is 0 Å². The van der Waals surface area contributed by atoms with Crippen LogP contribution in [0.5, 0.6) is 0 Å². The molecule has 0 fully saturated rings. The molecular formula is C6H12AlP3. The molecule has 0 radical (unpaired) electrons. The van der Waals surface area contributed by atoms with Crippen LogP contribution < -0.4 is 0 Å². The Morgan fingerprint density at radius 2 is 0.500 bits per heavy atom. The molecule has 0 aromatic heterocycles. The fourth-order valence-electron chi connectivity index (χ4n) is 0. The summed E-state index contributed by atoms with van der Waals surface area (Å²) in [4.78, 5) is 0. The summed E-state index contributed by atoms with van der Waals surface area (Å²) >= 11 is 0. The molecule has 0 bridgehead atoms. The third kappa shape index (κ3) is 1190. The molecule has 0 aromatic rings. The van der Waals surface area contributed by atoms with Crippen molar-refractivity contribution in [2.75, 3.05) is 0 Å². The summed E-state index contributed by atoms with van der Waals surface area (Å²) in [6.45, 7) is 0. The normalized spacial score (nSPS) is 3.60. The summed E-state index contributed by atoms with van der Waals surface area (Å²) in [5, 5.41) is 0. The van der Waals surface area contributed by atoms with Crippen LogP contribution in [0.2, 0.25) is 0 Å². The minimum absolute atomic E-state index is 0. The van der Waals surface area contributed by atoms with Gasteiger partial charge < -0.3 is 23.5 Å². The number of rotatable bonds is 0. The minimum atomic E-state index is 0. The van der Waals surface area contributed by atoms with Crippen LogP contribution in [0, 0.1) is 0 Å². The zero-order chi connectivity index (χ0) is 8.12. The fourth-order valence-corrected chi connectivity index (χ4v) is 0. The van der Waals surface area contributed by atoms with Gasteiger partial charge in [0.25, 0.3) is 0 Å². The van der Waals surface area contributed by atoms with Crippen LogP contribution in [-0.2, 0) is 0 Å². The van der Waals surface area contributed by atoms with Crippen LogP contribution in [0.3, 0.4) is 0 Å². The van der Waals surface area contributed by atoms with Crippen LogP contribution in [0.15, 0.2) is 0 Å². The van der Waals surface area contributed by atoms with Gasteiger partial charge in [0.05, 0.1) is 0 Å². The van der Waals surface area contributed by atoms with Gasteiger partial charge in [0.1, 0.15) is 0 Å². The van der Waals surface area contributed by atoms with Crippen molar-refractivity contribution in [2.45, 2.75) is 0 Å². The maximum Gasteiger partial charge on any atom is 3.00 e. The third-order valence-corrected chi connectivity index (χ3v) is 0. The average Bonchev–Trinajstić information content (AvgIpc) is 1.70. The van der Waals surface area contributed by atoms with Crippen molar-refractivity contribution in [3.05, 3.63) is 0 Å². The predicted octanol–water partition coefficient (Wildman–Crippen LogP) is 2.01. The molecule has 4 heteroatoms. The Labute approximate surface area is 78.7 Å². The molecule has 0 N–H and O–H groups in total. The molecule has 0 atom stereocenters. The SMILES string of the molecule is C=[P-]=C.C=[P-]=C.C=[P-]=C.[Al+3]. The van der Waals surface area contributed by atoms with E-state index in [1.54, 1.807) is 0 Å². The monoisotopic (exact) mass is 204 g/mol. The molecule has 0 heterocycles. The van der Waals surface area contributed by atoms with E-state index < -0.39 is 0 Å². The van der Waals surface area contributed by atoms with E-state index in [-0.39, 0.29) is 17.4 Å². The maximum absolute atomic E-state index is 3.35. The summed E-state index contributed by atoms with van der Waals surface area (Å²) in [6.07, 6.45) is 20.1. The second kappa shape index (κ2) is 54.2. The van der Waals surface area contributed by atoms with Gasteiger partial charge in [0.15, 0.2) is 0 Å². The number of hydrogen-bond acceptors (Lipinski definition) is 0. The first kappa shape index (κ1) is 22.4. The van der Waals surface area contributed by atoms with Crippen LogP contribution in [0.1, 0.15) is 0 Å². The smallest absolute Gasteiger partial charge is 0.547 e. The van der Waals surface area contributed by atoms with E-state index in [2.05, 4.69) is 37.8 Å². The van der Waals surface area contributed by atoms with Gasteiger partial charge in [-0.2, -0.15) is 0 Å². The standard InChI is InChI=1S/3C2H4P.Al/c3*1-3-2;/h3*1-2H2;/q3*-1;+3. The Bertz CT molecular complexity index is 105. The Morgan fingerprint density at radius 3 is 0.500 bits per heavy atom. The molecule has 0 saturated heterocycles. The first-order valence-corrected chi connectivity index (χ1v) is 5.69. The van der Waals surface area contributed by atoms with Crippen molar-refractivity contribution in [3.8, 4) is 0 Å². The van der Waals surface area contributed by atoms with Crippen molar-refractivity contribution in [3.63, 3.8) is 0 Å². The average molecular weight is 204 g/mol. The second-order valence-electron chi connectivity index (χ2n) is 0.671. The van der Waals surface area contributed by atoms with Crippen molar-refractivity contribution in [2.24, 2.45) is 0 Å². The van der Waals surface area contributed by atoms with Gasteiger partial charge in [-0.1, -0.05) is 0 Å². The van der Waals surface area contributed by atoms with E-state index in [1.165, 1.54) is 0 Å². The topological polar surface area (TPSA) is 0 Å². The van der Waals surface area contributed by atoms with E-state index >= 15 is 0 Å². The quantitative estimate of drug-likeness (QED) is 0.418. The summed E-state index contributed by atoms with van der Waals surface area (Å²) in [6, 6.07) is 0. The minimum Gasteiger partial charge on any atom is -0.547 e. The van der Waals surface area contributed by atoms with Crippen molar-refractivity contribution in [1.29, 1.82) is 0 Å². The molecule has 0 unspecified atom stereocenters. The van der Waals surface area contributed by atoms with E-state index in [9.17, 15) is 0 Å². The first-order chi connectivity index (χ1) is 4.24. The molecule has 0 amide bonds. The summed E-state index contributed by atoms with van der Waals surface area (Å²) in [7, 11) is 2.75. The van der Waals surface area contributed by atoms with Gasteiger partial charge in [-0.15, -0.1) is 0 Å². The van der Waals surface area contributed by atoms with Gasteiger partial charge in [-0.05, 0) is 0 Å². The van der Waals surface area contributed by atoms with Crippen LogP contribution in [-0.4, -0.2) is 55.2 Å². The summed E-state index contributed by atoms with van der Waals surface area (Å²) in [5.41, 5.74) is 0. The molecule has 0 aliphatic heterocycles. The van der Waals surface area contributed by atoms with Crippen LogP contribution in [0.4, 0.5) is 0 Å². The van der Waals surface area contributed by atoms with Crippen LogP contribution in [0.25, 0.3) is 0 Å². The molecule has 0 saturated carbocycles. The molecule has 0 aliphatic carbocycles. The number of hydrogen-bond donors (Lipinski definition) is 0. The molecule has 0 aromatic carbocycles. The Morgan fingerprint density at radius 1 is 0.500 bits per heavy atom. The van der Waals surface area contributed by atoms with Gasteiger partial charge in [0, 0.05) is 0 Å². The molecular weight excluding hydrogens is 192 g/mol. The fraction of sp³-hybridized carbons (Fsp3) is 0. The van der Waals surface area contributed by atoms with Crippen molar-refractivity contribution >= 4 is 78.6 Å². The van der Waals surface area contributed by atoms with E-state index in [0.29, 0.717) is 0 Å². The molecule has 0 aliphatic rings. The Hall–Kier alpha value is 0.652. The van der Waals surface area contributed by atoms with Gasteiger partial charge >= 0.3 is 17.4 Å². The Balaban J connectivity index is -0.0000000257. The second-order valence-corrected chi connectivity index (χ2v) is 2.01. The maximum atomic E-state index is 3.35. The first-order valence-electron chi connectivity index (χ1n) is 1.90. The summed E-state index contributed by atoms with van der Waals surface area (Å²) in [5.74, 6) is 0. The third-order valence-electron chi connectivity index (χ3n) is 0. The van der Waals surface area contributed by atoms with Crippen molar-refractivity contribution < 1.29 is 0 Å². The van der Waals surface area contributed by atoms with E-state index in [1.807, 2.05) is 0 Å². The molecule has 0 spiro atoms. The van der Waals surface area contributed by atoms with Crippen molar-refractivity contribution in [1.82, 2.24) is 0 Å². The zero-order valence-corrected chi connectivity index (χ0v) is 10.00. The summed E-state index contributed by atoms with van der Waals surface area (Å²) < 4.78 is 0.